The highest BCUT2D eigenvalue weighted by atomic mass is 35.5. The molecule has 0 amide bonds. The number of aryl methyl sites for hydroxylation is 1. The standard InChI is InChI=1S/C9H13ClS/c1-2-9(10)4-3-8-5-6-11-7-8/h5-7,9H,2-4H2,1H3. The molecule has 0 spiro atoms. The monoisotopic (exact) mass is 188 g/mol. The van der Waals surface area contributed by atoms with Gasteiger partial charge in [-0.3, -0.25) is 0 Å². The lowest BCUT2D eigenvalue weighted by molar-refractivity contribution is 0.728. The van der Waals surface area contributed by atoms with E-state index in [9.17, 15) is 0 Å². The Morgan fingerprint density at radius 3 is 3.00 bits per heavy atom. The first kappa shape index (κ1) is 9.08. The average molecular weight is 189 g/mol. The molecule has 11 heavy (non-hydrogen) atoms. The van der Waals surface area contributed by atoms with Gasteiger partial charge in [-0.2, -0.15) is 11.3 Å². The van der Waals surface area contributed by atoms with Crippen molar-refractivity contribution in [2.75, 3.05) is 0 Å². The first-order valence-corrected chi connectivity index (χ1v) is 5.36. The van der Waals surface area contributed by atoms with E-state index in [2.05, 4.69) is 23.8 Å². The highest BCUT2D eigenvalue weighted by Gasteiger charge is 2.01. The summed E-state index contributed by atoms with van der Waals surface area (Å²) in [7, 11) is 0. The Bertz CT molecular complexity index is 181. The van der Waals surface area contributed by atoms with Crippen LogP contribution in [-0.4, -0.2) is 5.38 Å². The summed E-state index contributed by atoms with van der Waals surface area (Å²) in [4.78, 5) is 0. The highest BCUT2D eigenvalue weighted by molar-refractivity contribution is 7.07. The molecule has 2 heteroatoms. The van der Waals surface area contributed by atoms with Gasteiger partial charge in [-0.25, -0.2) is 0 Å². The van der Waals surface area contributed by atoms with Crippen molar-refractivity contribution in [3.63, 3.8) is 0 Å². The zero-order valence-corrected chi connectivity index (χ0v) is 8.29. The van der Waals surface area contributed by atoms with Gasteiger partial charge in [0.25, 0.3) is 0 Å². The van der Waals surface area contributed by atoms with Crippen LogP contribution in [0.2, 0.25) is 0 Å². The SMILES string of the molecule is CCC(Cl)CCc1ccsc1. The number of alkyl halides is 1. The summed E-state index contributed by atoms with van der Waals surface area (Å²) in [5.41, 5.74) is 1.43. The van der Waals surface area contributed by atoms with Gasteiger partial charge in [0.2, 0.25) is 0 Å². The van der Waals surface area contributed by atoms with Gasteiger partial charge in [0.15, 0.2) is 0 Å². The molecule has 1 heterocycles. The van der Waals surface area contributed by atoms with Crippen molar-refractivity contribution >= 4 is 22.9 Å². The summed E-state index contributed by atoms with van der Waals surface area (Å²) in [5, 5.41) is 4.67. The Morgan fingerprint density at radius 2 is 2.45 bits per heavy atom. The largest absolute Gasteiger partial charge is 0.152 e. The molecule has 1 aromatic heterocycles. The third kappa shape index (κ3) is 3.26. The number of thiophene rings is 1. The summed E-state index contributed by atoms with van der Waals surface area (Å²) in [6.45, 7) is 2.13. The van der Waals surface area contributed by atoms with Crippen molar-refractivity contribution in [2.45, 2.75) is 31.6 Å². The number of hydrogen-bond donors (Lipinski definition) is 0. The fourth-order valence-corrected chi connectivity index (χ4v) is 1.77. The third-order valence-electron chi connectivity index (χ3n) is 1.77. The van der Waals surface area contributed by atoms with Crippen LogP contribution in [0.5, 0.6) is 0 Å². The van der Waals surface area contributed by atoms with Crippen LogP contribution in [0, 0.1) is 0 Å². The Labute approximate surface area is 77.2 Å². The highest BCUT2D eigenvalue weighted by Crippen LogP contribution is 2.13. The molecule has 1 unspecified atom stereocenters. The molecule has 1 rings (SSSR count). The van der Waals surface area contributed by atoms with E-state index in [1.165, 1.54) is 5.56 Å². The average Bonchev–Trinajstić information content (AvgIpc) is 2.52. The van der Waals surface area contributed by atoms with E-state index in [0.29, 0.717) is 5.38 Å². The lowest BCUT2D eigenvalue weighted by Gasteiger charge is -2.03. The summed E-state index contributed by atoms with van der Waals surface area (Å²) in [6, 6.07) is 2.17. The van der Waals surface area contributed by atoms with Crippen molar-refractivity contribution < 1.29 is 0 Å². The van der Waals surface area contributed by atoms with Crippen LogP contribution in [0.15, 0.2) is 16.8 Å². The third-order valence-corrected chi connectivity index (χ3v) is 3.03. The minimum absolute atomic E-state index is 0.356. The number of hydrogen-bond acceptors (Lipinski definition) is 1. The second-order valence-electron chi connectivity index (χ2n) is 2.68. The van der Waals surface area contributed by atoms with Crippen LogP contribution in [0.3, 0.4) is 0 Å². The van der Waals surface area contributed by atoms with E-state index in [1.807, 2.05) is 0 Å². The molecule has 0 aliphatic heterocycles. The Kier molecular flexibility index (Phi) is 3.95. The Hall–Kier alpha value is -0.0100. The predicted octanol–water partition coefficient (Wildman–Crippen LogP) is 3.70. The smallest absolute Gasteiger partial charge is 0.0336 e. The molecule has 0 aliphatic rings. The second kappa shape index (κ2) is 4.78. The Balaban J connectivity index is 2.23. The quantitative estimate of drug-likeness (QED) is 0.633. The molecule has 0 radical (unpaired) electrons. The molecule has 0 saturated heterocycles. The normalized spacial score (nSPS) is 13.3. The summed E-state index contributed by atoms with van der Waals surface area (Å²) >= 11 is 7.74. The van der Waals surface area contributed by atoms with Crippen LogP contribution in [0.1, 0.15) is 25.3 Å². The van der Waals surface area contributed by atoms with Gasteiger partial charge in [0, 0.05) is 5.38 Å². The first-order valence-electron chi connectivity index (χ1n) is 3.98. The van der Waals surface area contributed by atoms with Crippen molar-refractivity contribution in [3.8, 4) is 0 Å². The number of halogens is 1. The van der Waals surface area contributed by atoms with Gasteiger partial charge in [-0.05, 0) is 41.7 Å². The minimum Gasteiger partial charge on any atom is -0.152 e. The molecule has 62 valence electrons. The van der Waals surface area contributed by atoms with Crippen LogP contribution >= 0.6 is 22.9 Å². The van der Waals surface area contributed by atoms with Crippen LogP contribution < -0.4 is 0 Å². The van der Waals surface area contributed by atoms with Crippen molar-refractivity contribution in [1.29, 1.82) is 0 Å². The molecule has 0 N–H and O–H groups in total. The van der Waals surface area contributed by atoms with Gasteiger partial charge >= 0.3 is 0 Å². The van der Waals surface area contributed by atoms with Gasteiger partial charge < -0.3 is 0 Å². The predicted molar refractivity (Wildman–Crippen MR) is 52.6 cm³/mol. The van der Waals surface area contributed by atoms with E-state index in [4.69, 9.17) is 11.6 Å². The maximum absolute atomic E-state index is 5.99. The van der Waals surface area contributed by atoms with Gasteiger partial charge in [0.05, 0.1) is 0 Å². The van der Waals surface area contributed by atoms with Gasteiger partial charge in [0.1, 0.15) is 0 Å². The fraction of sp³-hybridized carbons (Fsp3) is 0.556. The molecule has 0 aliphatic carbocycles. The van der Waals surface area contributed by atoms with E-state index in [1.54, 1.807) is 11.3 Å². The maximum atomic E-state index is 5.99. The minimum atomic E-state index is 0.356. The summed E-state index contributed by atoms with van der Waals surface area (Å²) in [6.07, 6.45) is 3.31. The summed E-state index contributed by atoms with van der Waals surface area (Å²) < 4.78 is 0. The van der Waals surface area contributed by atoms with Gasteiger partial charge in [-0.15, -0.1) is 11.6 Å². The van der Waals surface area contributed by atoms with Gasteiger partial charge in [-0.1, -0.05) is 6.92 Å². The molecule has 1 atom stereocenters. The lowest BCUT2D eigenvalue weighted by Crippen LogP contribution is -1.97. The van der Waals surface area contributed by atoms with E-state index in [0.717, 1.165) is 19.3 Å². The van der Waals surface area contributed by atoms with E-state index in [-0.39, 0.29) is 0 Å². The second-order valence-corrected chi connectivity index (χ2v) is 4.07. The fourth-order valence-electron chi connectivity index (χ4n) is 0.962. The summed E-state index contributed by atoms with van der Waals surface area (Å²) in [5.74, 6) is 0. The molecule has 1 aromatic rings. The van der Waals surface area contributed by atoms with Crippen LogP contribution in [0.25, 0.3) is 0 Å². The zero-order valence-electron chi connectivity index (χ0n) is 6.72. The van der Waals surface area contributed by atoms with Crippen molar-refractivity contribution in [2.24, 2.45) is 0 Å². The maximum Gasteiger partial charge on any atom is 0.0336 e. The number of rotatable bonds is 4. The van der Waals surface area contributed by atoms with Crippen molar-refractivity contribution in [3.05, 3.63) is 22.4 Å². The van der Waals surface area contributed by atoms with Crippen LogP contribution in [0.4, 0.5) is 0 Å². The zero-order chi connectivity index (χ0) is 8.10. The lowest BCUT2D eigenvalue weighted by atomic mass is 10.1. The van der Waals surface area contributed by atoms with E-state index < -0.39 is 0 Å². The molecular formula is C9H13ClS. The van der Waals surface area contributed by atoms with Crippen LogP contribution in [-0.2, 0) is 6.42 Å². The topological polar surface area (TPSA) is 0 Å². The molecule has 0 saturated carbocycles. The Morgan fingerprint density at radius 1 is 1.64 bits per heavy atom. The molecule has 0 fully saturated rings. The molecule has 0 nitrogen and oxygen atoms in total. The molecule has 0 bridgehead atoms. The van der Waals surface area contributed by atoms with E-state index >= 15 is 0 Å². The van der Waals surface area contributed by atoms with Crippen molar-refractivity contribution in [1.82, 2.24) is 0 Å². The molecule has 0 aromatic carbocycles. The first-order chi connectivity index (χ1) is 5.33. The molecular weight excluding hydrogens is 176 g/mol.